The van der Waals surface area contributed by atoms with E-state index in [1.165, 1.54) is 22.3 Å². The summed E-state index contributed by atoms with van der Waals surface area (Å²) in [5.41, 5.74) is 5.03. The Hall–Kier alpha value is -2.08. The molecule has 88 valence electrons. The predicted molar refractivity (Wildman–Crippen MR) is 76.6 cm³/mol. The molecule has 0 nitrogen and oxygen atoms in total. The highest BCUT2D eigenvalue weighted by Gasteiger charge is 2.40. The Kier molecular flexibility index (Phi) is 2.64. The Balaban J connectivity index is 2.00. The second-order valence-electron chi connectivity index (χ2n) is 4.83. The lowest BCUT2D eigenvalue weighted by molar-refractivity contribution is 0.592. The van der Waals surface area contributed by atoms with Crippen LogP contribution in [0.4, 0.5) is 0 Å². The van der Waals surface area contributed by atoms with Crippen molar-refractivity contribution in [2.24, 2.45) is 0 Å². The fourth-order valence-electron chi connectivity index (χ4n) is 2.81. The summed E-state index contributed by atoms with van der Waals surface area (Å²) in [7, 11) is 0. The van der Waals surface area contributed by atoms with Gasteiger partial charge < -0.3 is 0 Å². The topological polar surface area (TPSA) is 0 Å². The minimum atomic E-state index is 0.390. The summed E-state index contributed by atoms with van der Waals surface area (Å²) in [6, 6.07) is 21.2. The van der Waals surface area contributed by atoms with Crippen LogP contribution in [0.15, 0.2) is 85.0 Å². The second kappa shape index (κ2) is 4.30. The van der Waals surface area contributed by atoms with Crippen LogP contribution in [0.1, 0.15) is 23.0 Å². The van der Waals surface area contributed by atoms with Crippen molar-refractivity contribution in [1.82, 2.24) is 0 Å². The molecule has 0 heteroatoms. The molecule has 1 aliphatic rings. The number of allylic oxidation sites excluding steroid dienone is 2. The van der Waals surface area contributed by atoms with Gasteiger partial charge in [0, 0.05) is 11.8 Å². The normalized spacial score (nSPS) is 22.7. The van der Waals surface area contributed by atoms with Gasteiger partial charge in [0.25, 0.3) is 0 Å². The lowest BCUT2D eigenvalue weighted by Gasteiger charge is -2.42. The Morgan fingerprint density at radius 3 is 1.22 bits per heavy atom. The van der Waals surface area contributed by atoms with Crippen LogP contribution in [0, 0.1) is 0 Å². The molecule has 2 atom stereocenters. The van der Waals surface area contributed by atoms with Gasteiger partial charge >= 0.3 is 0 Å². The van der Waals surface area contributed by atoms with Gasteiger partial charge in [-0.05, 0) is 22.3 Å². The molecule has 0 saturated heterocycles. The van der Waals surface area contributed by atoms with Gasteiger partial charge in [0.2, 0.25) is 0 Å². The molecule has 0 radical (unpaired) electrons. The molecule has 0 aliphatic heterocycles. The lowest BCUT2D eigenvalue weighted by Crippen LogP contribution is -2.27. The zero-order valence-electron chi connectivity index (χ0n) is 10.3. The molecule has 1 saturated carbocycles. The maximum Gasteiger partial charge on any atom is 0.0195 e. The first-order chi connectivity index (χ1) is 8.79. The van der Waals surface area contributed by atoms with Crippen LogP contribution < -0.4 is 0 Å². The molecule has 0 aromatic heterocycles. The summed E-state index contributed by atoms with van der Waals surface area (Å²) in [5, 5.41) is 0. The standard InChI is InChI=1S/C18H16/c1-13-14(2)18(16-11-7-4-8-12-16)17(13)15-9-5-3-6-10-15/h3-12,17-18H,1-2H2. The smallest absolute Gasteiger partial charge is 0.0195 e. The van der Waals surface area contributed by atoms with E-state index in [4.69, 9.17) is 0 Å². The van der Waals surface area contributed by atoms with Gasteiger partial charge in [0.05, 0.1) is 0 Å². The van der Waals surface area contributed by atoms with Gasteiger partial charge in [-0.25, -0.2) is 0 Å². The molecule has 1 aliphatic carbocycles. The molecule has 0 N–H and O–H groups in total. The predicted octanol–water partition coefficient (Wildman–Crippen LogP) is 4.68. The molecule has 0 bridgehead atoms. The van der Waals surface area contributed by atoms with Crippen LogP contribution >= 0.6 is 0 Å². The first kappa shape index (κ1) is 11.0. The van der Waals surface area contributed by atoms with Gasteiger partial charge in [-0.15, -0.1) is 0 Å². The summed E-state index contributed by atoms with van der Waals surface area (Å²) < 4.78 is 0. The summed E-state index contributed by atoms with van der Waals surface area (Å²) in [6.45, 7) is 8.35. The van der Waals surface area contributed by atoms with E-state index in [1.807, 2.05) is 0 Å². The van der Waals surface area contributed by atoms with Crippen molar-refractivity contribution < 1.29 is 0 Å². The fraction of sp³-hybridized carbons (Fsp3) is 0.111. The fourth-order valence-corrected chi connectivity index (χ4v) is 2.81. The van der Waals surface area contributed by atoms with E-state index in [1.54, 1.807) is 0 Å². The van der Waals surface area contributed by atoms with Gasteiger partial charge in [0.1, 0.15) is 0 Å². The molecule has 2 aromatic carbocycles. The van der Waals surface area contributed by atoms with Crippen molar-refractivity contribution in [2.75, 3.05) is 0 Å². The third kappa shape index (κ3) is 1.62. The van der Waals surface area contributed by atoms with Gasteiger partial charge in [-0.1, -0.05) is 73.8 Å². The third-order valence-electron chi connectivity index (χ3n) is 3.81. The molecule has 2 aromatic rings. The van der Waals surface area contributed by atoms with E-state index in [-0.39, 0.29) is 0 Å². The Morgan fingerprint density at radius 1 is 0.556 bits per heavy atom. The summed E-state index contributed by atoms with van der Waals surface area (Å²) in [6.07, 6.45) is 0. The molecular weight excluding hydrogens is 216 g/mol. The molecular formula is C18H16. The van der Waals surface area contributed by atoms with Gasteiger partial charge in [-0.2, -0.15) is 0 Å². The van der Waals surface area contributed by atoms with E-state index < -0.39 is 0 Å². The van der Waals surface area contributed by atoms with Crippen LogP contribution in [0.25, 0.3) is 0 Å². The molecule has 0 amide bonds. The SMILES string of the molecule is C=C1C(=C)C(c2ccccc2)C1c1ccccc1. The largest absolute Gasteiger partial charge is 0.0949 e. The van der Waals surface area contributed by atoms with Crippen LogP contribution in [-0.4, -0.2) is 0 Å². The summed E-state index contributed by atoms with van der Waals surface area (Å²) >= 11 is 0. The molecule has 0 heterocycles. The summed E-state index contributed by atoms with van der Waals surface area (Å²) in [5.74, 6) is 0.780. The summed E-state index contributed by atoms with van der Waals surface area (Å²) in [4.78, 5) is 0. The van der Waals surface area contributed by atoms with Crippen LogP contribution in [-0.2, 0) is 0 Å². The van der Waals surface area contributed by atoms with Crippen LogP contribution in [0.5, 0.6) is 0 Å². The monoisotopic (exact) mass is 232 g/mol. The van der Waals surface area contributed by atoms with E-state index in [9.17, 15) is 0 Å². The molecule has 18 heavy (non-hydrogen) atoms. The van der Waals surface area contributed by atoms with Crippen molar-refractivity contribution in [2.45, 2.75) is 11.8 Å². The van der Waals surface area contributed by atoms with Crippen molar-refractivity contribution in [3.05, 3.63) is 96.1 Å². The minimum absolute atomic E-state index is 0.390. The van der Waals surface area contributed by atoms with Crippen LogP contribution in [0.2, 0.25) is 0 Å². The van der Waals surface area contributed by atoms with Crippen molar-refractivity contribution in [1.29, 1.82) is 0 Å². The number of benzene rings is 2. The Labute approximate surface area is 108 Å². The molecule has 0 spiro atoms. The highest BCUT2D eigenvalue weighted by molar-refractivity contribution is 5.58. The van der Waals surface area contributed by atoms with E-state index >= 15 is 0 Å². The first-order valence-electron chi connectivity index (χ1n) is 6.27. The van der Waals surface area contributed by atoms with Crippen LogP contribution in [0.3, 0.4) is 0 Å². The van der Waals surface area contributed by atoms with Gasteiger partial charge in [-0.3, -0.25) is 0 Å². The first-order valence-corrected chi connectivity index (χ1v) is 6.27. The highest BCUT2D eigenvalue weighted by Crippen LogP contribution is 2.55. The van der Waals surface area contributed by atoms with Crippen molar-refractivity contribution in [3.63, 3.8) is 0 Å². The molecule has 1 fully saturated rings. The Bertz CT molecular complexity index is 522. The maximum absolute atomic E-state index is 4.18. The zero-order valence-corrected chi connectivity index (χ0v) is 10.3. The quantitative estimate of drug-likeness (QED) is 0.705. The lowest BCUT2D eigenvalue weighted by atomic mass is 9.61. The van der Waals surface area contributed by atoms with E-state index in [0.29, 0.717) is 11.8 Å². The maximum atomic E-state index is 4.18. The minimum Gasteiger partial charge on any atom is -0.0949 e. The highest BCUT2D eigenvalue weighted by atomic mass is 14.4. The molecule has 2 unspecified atom stereocenters. The zero-order chi connectivity index (χ0) is 12.5. The number of hydrogen-bond donors (Lipinski definition) is 0. The average molecular weight is 232 g/mol. The van der Waals surface area contributed by atoms with E-state index in [0.717, 1.165) is 0 Å². The Morgan fingerprint density at radius 2 is 0.889 bits per heavy atom. The average Bonchev–Trinajstić information content (AvgIpc) is 2.45. The van der Waals surface area contributed by atoms with Crippen molar-refractivity contribution in [3.8, 4) is 0 Å². The number of hydrogen-bond acceptors (Lipinski definition) is 0. The second-order valence-corrected chi connectivity index (χ2v) is 4.83. The molecule has 3 rings (SSSR count). The van der Waals surface area contributed by atoms with E-state index in [2.05, 4.69) is 73.8 Å². The van der Waals surface area contributed by atoms with Crippen molar-refractivity contribution >= 4 is 0 Å². The third-order valence-corrected chi connectivity index (χ3v) is 3.81. The van der Waals surface area contributed by atoms with Gasteiger partial charge in [0.15, 0.2) is 0 Å². The number of rotatable bonds is 2.